The summed E-state index contributed by atoms with van der Waals surface area (Å²) in [7, 11) is 0. The van der Waals surface area contributed by atoms with Crippen molar-refractivity contribution in [2.45, 2.75) is 182 Å². The van der Waals surface area contributed by atoms with Crippen molar-refractivity contribution < 1.29 is 128 Å². The van der Waals surface area contributed by atoms with Crippen LogP contribution in [0.5, 0.6) is 0 Å². The van der Waals surface area contributed by atoms with Crippen molar-refractivity contribution in [3.63, 3.8) is 0 Å². The lowest BCUT2D eigenvalue weighted by Gasteiger charge is -2.46. The van der Waals surface area contributed by atoms with Crippen LogP contribution < -0.4 is 31.9 Å². The predicted molar refractivity (Wildman–Crippen MR) is 276 cm³/mol. The first kappa shape index (κ1) is 70.9. The third-order valence-electron chi connectivity index (χ3n) is 13.8. The molecule has 33 nitrogen and oxygen atoms in total. The molecular weight excluding hydrogens is 1100 g/mol. The SMILES string of the molecule is CCCCCCNC(=O)CNCC(=O)NCCCCCNC(=O)CN(CC(=O)NCCO[C@@H]1O[C@@H](C)[C@@H](O)[C@@H](O)[C@@H]1O)CC(=O)NCCO[C@H]1O[C@H](CO[C@H]2O[C@H](CO)[C@@H](O)[C@H](O)[C@@H]2O)[C@@H](O)[C@H](O[C@H]2O[C@H](CO)[C@@H](O)[C@H](O)[C@@H]2O)[C@@H]1O. The first-order chi connectivity index (χ1) is 39.1. The summed E-state index contributed by atoms with van der Waals surface area (Å²) in [5.41, 5.74) is 0. The van der Waals surface area contributed by atoms with Crippen LogP contribution in [0, 0.1) is 0 Å². The average Bonchev–Trinajstić information content (AvgIpc) is 3.44. The number of aliphatic hydroxyl groups excluding tert-OH is 13. The van der Waals surface area contributed by atoms with E-state index < -0.39 is 187 Å². The Balaban J connectivity index is 1.30. The average molecular weight is 1190 g/mol. The van der Waals surface area contributed by atoms with Crippen LogP contribution in [0.1, 0.15) is 58.8 Å². The fourth-order valence-electron chi connectivity index (χ4n) is 8.97. The molecule has 33 heteroatoms. The molecule has 19 N–H and O–H groups in total. The molecule has 0 aromatic rings. The standard InChI is InChI=1S/C49H89N7O26/c1-3-4-5-7-10-51-29(59)17-50-18-30(60)52-11-8-6-9-12-53-31(61)19-56(20-32(62)54-13-15-75-46-41(71)38(68)34(64)25(2)78-46)21-33(63)55-14-16-76-48-44(74)45(82-49-43(73)40(70)36(66)27(23-58)80-49)37(67)28(81-48)24-77-47-42(72)39(69)35(65)26(22-57)79-47/h25-28,34-50,57-58,64-74H,3-24H2,1-2H3,(H,51,59)(H,52,60)(H,53,61)(H,54,62)(H,55,63)/t25-,26+,27+,28+,34+,35+,36+,37+,38+,39-,40-,41-,42-,43-,44-,45-,46+,47-,48-,49+/m0/s1. The maximum Gasteiger partial charge on any atom is 0.234 e. The zero-order valence-corrected chi connectivity index (χ0v) is 46.2. The van der Waals surface area contributed by atoms with Crippen molar-refractivity contribution >= 4 is 29.5 Å². The van der Waals surface area contributed by atoms with E-state index in [4.69, 9.17) is 37.9 Å². The van der Waals surface area contributed by atoms with Crippen molar-refractivity contribution in [3.8, 4) is 0 Å². The zero-order valence-electron chi connectivity index (χ0n) is 46.2. The van der Waals surface area contributed by atoms with Crippen molar-refractivity contribution in [3.05, 3.63) is 0 Å². The van der Waals surface area contributed by atoms with Crippen molar-refractivity contribution in [1.29, 1.82) is 0 Å². The summed E-state index contributed by atoms with van der Waals surface area (Å²) in [6, 6.07) is 0. The third kappa shape index (κ3) is 22.7. The van der Waals surface area contributed by atoms with E-state index in [-0.39, 0.29) is 51.1 Å². The van der Waals surface area contributed by atoms with Gasteiger partial charge in [0.05, 0.1) is 71.9 Å². The molecule has 0 spiro atoms. The van der Waals surface area contributed by atoms with Gasteiger partial charge in [-0.2, -0.15) is 0 Å². The molecule has 4 heterocycles. The number of carbonyl (C=O) groups is 5. The van der Waals surface area contributed by atoms with Gasteiger partial charge in [-0.15, -0.1) is 0 Å². The second-order valence-electron chi connectivity index (χ2n) is 20.4. The molecule has 0 aromatic carbocycles. The Morgan fingerprint density at radius 2 is 0.829 bits per heavy atom. The highest BCUT2D eigenvalue weighted by Gasteiger charge is 2.52. The lowest BCUT2D eigenvalue weighted by Crippen LogP contribution is -2.65. The van der Waals surface area contributed by atoms with Gasteiger partial charge >= 0.3 is 0 Å². The highest BCUT2D eigenvalue weighted by atomic mass is 16.8. The largest absolute Gasteiger partial charge is 0.394 e. The van der Waals surface area contributed by atoms with Gasteiger partial charge in [-0.25, -0.2) is 0 Å². The molecule has 4 rings (SSSR count). The Morgan fingerprint density at radius 3 is 1.32 bits per heavy atom. The second-order valence-corrected chi connectivity index (χ2v) is 20.4. The van der Waals surface area contributed by atoms with Crippen LogP contribution in [0.25, 0.3) is 0 Å². The number of aliphatic hydroxyl groups is 13. The molecule has 82 heavy (non-hydrogen) atoms. The van der Waals surface area contributed by atoms with Gasteiger partial charge in [0.1, 0.15) is 91.6 Å². The maximum atomic E-state index is 13.3. The predicted octanol–water partition coefficient (Wildman–Crippen LogP) is -10.5. The number of rotatable bonds is 36. The monoisotopic (exact) mass is 1190 g/mol. The number of ether oxygens (including phenoxy) is 8. The Kier molecular flexibility index (Phi) is 32.1. The molecule has 0 bridgehead atoms. The molecule has 4 aliphatic heterocycles. The van der Waals surface area contributed by atoms with E-state index in [0.29, 0.717) is 32.4 Å². The van der Waals surface area contributed by atoms with Crippen LogP contribution in [0.4, 0.5) is 0 Å². The molecule has 4 aliphatic rings. The highest BCUT2D eigenvalue weighted by molar-refractivity contribution is 5.84. The Bertz CT molecular complexity index is 1890. The van der Waals surface area contributed by atoms with Gasteiger partial charge in [-0.3, -0.25) is 34.2 Å². The van der Waals surface area contributed by atoms with Gasteiger partial charge < -0.3 is 131 Å². The minimum absolute atomic E-state index is 0.00985. The highest BCUT2D eigenvalue weighted by Crippen LogP contribution is 2.31. The van der Waals surface area contributed by atoms with Crippen molar-refractivity contribution in [2.24, 2.45) is 0 Å². The molecular formula is C49H89N7O26. The number of unbranched alkanes of at least 4 members (excludes halogenated alkanes) is 5. The number of nitrogens with zero attached hydrogens (tertiary/aromatic N) is 1. The summed E-state index contributed by atoms with van der Waals surface area (Å²) in [5.74, 6) is -2.41. The van der Waals surface area contributed by atoms with E-state index in [1.807, 2.05) is 0 Å². The smallest absolute Gasteiger partial charge is 0.234 e. The van der Waals surface area contributed by atoms with E-state index in [9.17, 15) is 90.4 Å². The van der Waals surface area contributed by atoms with Crippen LogP contribution in [0.3, 0.4) is 0 Å². The van der Waals surface area contributed by atoms with Crippen LogP contribution in [-0.2, 0) is 61.9 Å². The van der Waals surface area contributed by atoms with Crippen molar-refractivity contribution in [2.75, 3.05) is 98.5 Å². The summed E-state index contributed by atoms with van der Waals surface area (Å²) in [4.78, 5) is 65.0. The van der Waals surface area contributed by atoms with Crippen molar-refractivity contribution in [1.82, 2.24) is 36.8 Å². The quantitative estimate of drug-likeness (QED) is 0.0259. The van der Waals surface area contributed by atoms with E-state index in [1.165, 1.54) is 11.8 Å². The van der Waals surface area contributed by atoms with Crippen LogP contribution >= 0.6 is 0 Å². The minimum Gasteiger partial charge on any atom is -0.394 e. The second kappa shape index (κ2) is 37.1. The van der Waals surface area contributed by atoms with Gasteiger partial charge in [0.2, 0.25) is 29.5 Å². The molecule has 0 aliphatic carbocycles. The fraction of sp³-hybridized carbons (Fsp3) is 0.898. The lowest BCUT2D eigenvalue weighted by atomic mass is 9.96. The van der Waals surface area contributed by atoms with Crippen LogP contribution in [0.15, 0.2) is 0 Å². The van der Waals surface area contributed by atoms with E-state index in [2.05, 4.69) is 38.8 Å². The number of nitrogens with one attached hydrogen (secondary N) is 6. The van der Waals surface area contributed by atoms with Gasteiger partial charge in [0.15, 0.2) is 25.2 Å². The number of carbonyl (C=O) groups excluding carboxylic acids is 5. The summed E-state index contributed by atoms with van der Waals surface area (Å²) in [5, 5.41) is 151. The van der Waals surface area contributed by atoms with Gasteiger partial charge in [0, 0.05) is 32.7 Å². The summed E-state index contributed by atoms with van der Waals surface area (Å²) < 4.78 is 44.4. The van der Waals surface area contributed by atoms with E-state index >= 15 is 0 Å². The Hall–Kier alpha value is -3.57. The molecule has 4 fully saturated rings. The molecule has 5 amide bonds. The van der Waals surface area contributed by atoms with Gasteiger partial charge in [0.25, 0.3) is 0 Å². The molecule has 0 radical (unpaired) electrons. The Morgan fingerprint density at radius 1 is 0.427 bits per heavy atom. The van der Waals surface area contributed by atoms with E-state index in [1.54, 1.807) is 0 Å². The molecule has 0 saturated carbocycles. The normalized spacial score (nSPS) is 34.0. The minimum atomic E-state index is -1.98. The topological polar surface area (TPSA) is 498 Å². The molecule has 0 unspecified atom stereocenters. The number of hydrogen-bond donors (Lipinski definition) is 19. The summed E-state index contributed by atoms with van der Waals surface area (Å²) >= 11 is 0. The molecule has 0 aromatic heterocycles. The van der Waals surface area contributed by atoms with Crippen LogP contribution in [0.2, 0.25) is 0 Å². The van der Waals surface area contributed by atoms with Gasteiger partial charge in [-0.1, -0.05) is 26.2 Å². The fourth-order valence-corrected chi connectivity index (χ4v) is 8.97. The van der Waals surface area contributed by atoms with E-state index in [0.717, 1.165) is 25.7 Å². The van der Waals surface area contributed by atoms with Crippen LogP contribution in [-0.4, -0.2) is 322 Å². The molecule has 20 atom stereocenters. The Labute approximate surface area is 473 Å². The summed E-state index contributed by atoms with van der Waals surface area (Å²) in [6.45, 7) is -0.253. The number of hydrogen-bond acceptors (Lipinski definition) is 28. The third-order valence-corrected chi connectivity index (χ3v) is 13.8. The number of amides is 5. The lowest BCUT2D eigenvalue weighted by molar-refractivity contribution is -0.366. The van der Waals surface area contributed by atoms with Gasteiger partial charge in [-0.05, 0) is 32.6 Å². The first-order valence-corrected chi connectivity index (χ1v) is 27.7. The summed E-state index contributed by atoms with van der Waals surface area (Å²) in [6.07, 6.45) is -27.4. The maximum absolute atomic E-state index is 13.3. The molecule has 4 saturated heterocycles. The molecule has 476 valence electrons. The zero-order chi connectivity index (χ0) is 60.5. The first-order valence-electron chi connectivity index (χ1n) is 27.7.